The molecule has 18 heavy (non-hydrogen) atoms. The van der Waals surface area contributed by atoms with Crippen molar-refractivity contribution in [3.8, 4) is 0 Å². The lowest BCUT2D eigenvalue weighted by atomic mass is 10.0. The summed E-state index contributed by atoms with van der Waals surface area (Å²) in [4.78, 5) is 11.4. The van der Waals surface area contributed by atoms with Crippen LogP contribution in [0.5, 0.6) is 0 Å². The van der Waals surface area contributed by atoms with E-state index < -0.39 is 0 Å². The van der Waals surface area contributed by atoms with Crippen LogP contribution >= 0.6 is 11.8 Å². The molecule has 6 heteroatoms. The standard InChI is InChI=1S/C12H21N3O2S/c1-2-15-11(17)13-14-12(15)18-8-10(16)7-9-5-3-4-6-9/h9-10,16H,2-8H2,1H3,(H,13,17). The van der Waals surface area contributed by atoms with Crippen molar-refractivity contribution >= 4 is 11.8 Å². The van der Waals surface area contributed by atoms with Crippen LogP contribution in [0.2, 0.25) is 0 Å². The third-order valence-corrected chi connectivity index (χ3v) is 4.65. The molecule has 1 aromatic rings. The molecule has 1 aliphatic carbocycles. The fraction of sp³-hybridized carbons (Fsp3) is 0.833. The predicted octanol–water partition coefficient (Wildman–Crippen LogP) is 1.62. The quantitative estimate of drug-likeness (QED) is 0.771. The first-order chi connectivity index (χ1) is 8.70. The van der Waals surface area contributed by atoms with Crippen molar-refractivity contribution in [1.29, 1.82) is 0 Å². The minimum absolute atomic E-state index is 0.176. The van der Waals surface area contributed by atoms with Gasteiger partial charge in [-0.2, -0.15) is 0 Å². The van der Waals surface area contributed by atoms with E-state index in [0.29, 0.717) is 23.4 Å². The molecular formula is C12H21N3O2S. The van der Waals surface area contributed by atoms with Crippen LogP contribution in [0.1, 0.15) is 39.0 Å². The zero-order chi connectivity index (χ0) is 13.0. The Morgan fingerprint density at radius 2 is 2.28 bits per heavy atom. The number of hydrogen-bond donors (Lipinski definition) is 2. The summed E-state index contributed by atoms with van der Waals surface area (Å²) in [5.41, 5.74) is -0.176. The number of aromatic nitrogens is 3. The molecule has 1 saturated carbocycles. The topological polar surface area (TPSA) is 70.9 Å². The number of nitrogens with one attached hydrogen (secondary N) is 1. The van der Waals surface area contributed by atoms with Crippen molar-refractivity contribution in [2.45, 2.75) is 56.8 Å². The van der Waals surface area contributed by atoms with Gasteiger partial charge in [-0.25, -0.2) is 9.89 Å². The fourth-order valence-electron chi connectivity index (χ4n) is 2.56. The van der Waals surface area contributed by atoms with Gasteiger partial charge in [0, 0.05) is 12.3 Å². The highest BCUT2D eigenvalue weighted by Crippen LogP contribution is 2.29. The highest BCUT2D eigenvalue weighted by molar-refractivity contribution is 7.99. The number of hydrogen-bond acceptors (Lipinski definition) is 4. The van der Waals surface area contributed by atoms with Crippen LogP contribution in [0.3, 0.4) is 0 Å². The fourth-order valence-corrected chi connectivity index (χ4v) is 3.52. The zero-order valence-corrected chi connectivity index (χ0v) is 11.6. The Morgan fingerprint density at radius 1 is 1.56 bits per heavy atom. The number of aliphatic hydroxyl groups is 1. The van der Waals surface area contributed by atoms with Crippen molar-refractivity contribution in [3.63, 3.8) is 0 Å². The third kappa shape index (κ3) is 3.38. The van der Waals surface area contributed by atoms with Crippen LogP contribution in [0, 0.1) is 5.92 Å². The summed E-state index contributed by atoms with van der Waals surface area (Å²) in [7, 11) is 0. The molecule has 5 nitrogen and oxygen atoms in total. The lowest BCUT2D eigenvalue weighted by Gasteiger charge is -2.14. The van der Waals surface area contributed by atoms with E-state index in [9.17, 15) is 9.90 Å². The summed E-state index contributed by atoms with van der Waals surface area (Å²) >= 11 is 1.45. The van der Waals surface area contributed by atoms with Gasteiger partial charge in [-0.1, -0.05) is 37.4 Å². The Balaban J connectivity index is 1.81. The number of thioether (sulfide) groups is 1. The lowest BCUT2D eigenvalue weighted by molar-refractivity contribution is 0.165. The smallest absolute Gasteiger partial charge is 0.343 e. The molecule has 1 aromatic heterocycles. The second kappa shape index (κ2) is 6.43. The van der Waals surface area contributed by atoms with E-state index in [1.54, 1.807) is 4.57 Å². The molecule has 1 fully saturated rings. The highest BCUT2D eigenvalue weighted by atomic mass is 32.2. The summed E-state index contributed by atoms with van der Waals surface area (Å²) in [6, 6.07) is 0. The average Bonchev–Trinajstić information content (AvgIpc) is 2.96. The number of rotatable bonds is 6. The van der Waals surface area contributed by atoms with Crippen molar-refractivity contribution < 1.29 is 5.11 Å². The second-order valence-electron chi connectivity index (χ2n) is 4.91. The average molecular weight is 271 g/mol. The minimum Gasteiger partial charge on any atom is -0.392 e. The first-order valence-electron chi connectivity index (χ1n) is 6.66. The molecule has 0 aliphatic heterocycles. The third-order valence-electron chi connectivity index (χ3n) is 3.52. The van der Waals surface area contributed by atoms with Gasteiger partial charge < -0.3 is 5.11 Å². The summed E-state index contributed by atoms with van der Waals surface area (Å²) < 4.78 is 1.59. The summed E-state index contributed by atoms with van der Waals surface area (Å²) in [5, 5.41) is 17.1. The van der Waals surface area contributed by atoms with Crippen LogP contribution < -0.4 is 5.69 Å². The van der Waals surface area contributed by atoms with Gasteiger partial charge >= 0.3 is 5.69 Å². The first-order valence-corrected chi connectivity index (χ1v) is 7.65. The van der Waals surface area contributed by atoms with Gasteiger partial charge in [-0.15, -0.1) is 5.10 Å². The summed E-state index contributed by atoms with van der Waals surface area (Å²) in [5.74, 6) is 1.30. The Hall–Kier alpha value is -0.750. The van der Waals surface area contributed by atoms with Gasteiger partial charge in [0.2, 0.25) is 0 Å². The van der Waals surface area contributed by atoms with E-state index in [4.69, 9.17) is 0 Å². The monoisotopic (exact) mass is 271 g/mol. The molecule has 2 rings (SSSR count). The van der Waals surface area contributed by atoms with E-state index in [-0.39, 0.29) is 11.8 Å². The van der Waals surface area contributed by atoms with E-state index in [1.807, 2.05) is 6.92 Å². The molecule has 0 spiro atoms. The van der Waals surface area contributed by atoms with Gasteiger partial charge in [-0.05, 0) is 19.3 Å². The van der Waals surface area contributed by atoms with Crippen LogP contribution in [0.25, 0.3) is 0 Å². The summed E-state index contributed by atoms with van der Waals surface area (Å²) in [6.45, 7) is 2.52. The first kappa shape index (κ1) is 13.7. The number of nitrogens with zero attached hydrogens (tertiary/aromatic N) is 2. The Labute approximate surface area is 111 Å². The molecule has 0 amide bonds. The van der Waals surface area contributed by atoms with Crippen molar-refractivity contribution in [1.82, 2.24) is 14.8 Å². The molecule has 0 aromatic carbocycles. The van der Waals surface area contributed by atoms with Crippen molar-refractivity contribution in [2.24, 2.45) is 5.92 Å². The zero-order valence-electron chi connectivity index (χ0n) is 10.8. The summed E-state index contributed by atoms with van der Waals surface area (Å²) in [6.07, 6.45) is 5.70. The van der Waals surface area contributed by atoms with Crippen LogP contribution in [-0.2, 0) is 6.54 Å². The van der Waals surface area contributed by atoms with Crippen molar-refractivity contribution in [3.05, 3.63) is 10.5 Å². The van der Waals surface area contributed by atoms with Gasteiger partial charge in [0.1, 0.15) is 0 Å². The van der Waals surface area contributed by atoms with E-state index in [1.165, 1.54) is 37.4 Å². The van der Waals surface area contributed by atoms with Gasteiger partial charge in [0.25, 0.3) is 0 Å². The van der Waals surface area contributed by atoms with E-state index >= 15 is 0 Å². The molecule has 1 unspecified atom stereocenters. The molecule has 0 bridgehead atoms. The normalized spacial score (nSPS) is 18.3. The molecule has 1 atom stereocenters. The molecular weight excluding hydrogens is 250 g/mol. The maximum Gasteiger partial charge on any atom is 0.343 e. The van der Waals surface area contributed by atoms with Crippen LogP contribution in [0.4, 0.5) is 0 Å². The van der Waals surface area contributed by atoms with Crippen molar-refractivity contribution in [2.75, 3.05) is 5.75 Å². The molecule has 0 radical (unpaired) electrons. The van der Waals surface area contributed by atoms with Gasteiger partial charge in [0.05, 0.1) is 6.10 Å². The number of aliphatic hydroxyl groups excluding tert-OH is 1. The van der Waals surface area contributed by atoms with E-state index in [2.05, 4.69) is 10.2 Å². The largest absolute Gasteiger partial charge is 0.392 e. The molecule has 102 valence electrons. The molecule has 0 saturated heterocycles. The molecule has 2 N–H and O–H groups in total. The maximum absolute atomic E-state index is 11.4. The Bertz CT molecular complexity index is 423. The number of H-pyrrole nitrogens is 1. The lowest BCUT2D eigenvalue weighted by Crippen LogP contribution is -2.18. The highest BCUT2D eigenvalue weighted by Gasteiger charge is 2.19. The SMILES string of the molecule is CCn1c(SCC(O)CC2CCCC2)n[nH]c1=O. The Morgan fingerprint density at radius 3 is 2.94 bits per heavy atom. The van der Waals surface area contributed by atoms with Crippen LogP contribution in [-0.4, -0.2) is 31.7 Å². The molecule has 1 aliphatic rings. The van der Waals surface area contributed by atoms with Gasteiger partial charge in [0.15, 0.2) is 5.16 Å². The number of aromatic amines is 1. The van der Waals surface area contributed by atoms with E-state index in [0.717, 1.165) is 6.42 Å². The molecule has 1 heterocycles. The Kier molecular flexibility index (Phi) is 4.88. The van der Waals surface area contributed by atoms with Crippen LogP contribution in [0.15, 0.2) is 9.95 Å². The van der Waals surface area contributed by atoms with Gasteiger partial charge in [-0.3, -0.25) is 4.57 Å². The second-order valence-corrected chi connectivity index (χ2v) is 5.89. The predicted molar refractivity (Wildman–Crippen MR) is 71.8 cm³/mol. The minimum atomic E-state index is -0.296. The maximum atomic E-state index is 11.4.